The fourth-order valence-electron chi connectivity index (χ4n) is 2.61. The molecule has 2 aliphatic rings. The van der Waals surface area contributed by atoms with Crippen LogP contribution in [0, 0.1) is 5.92 Å². The van der Waals surface area contributed by atoms with Crippen molar-refractivity contribution in [1.82, 2.24) is 0 Å². The standard InChI is InChI=1S/C12H20O4/c1-8-5-6-9-7-10(8)15-16-12(9,2)11(13-3)14-4/h5,9-11H,6-7H2,1-4H3/t9-,10-,12+/m0/s1. The monoisotopic (exact) mass is 228 g/mol. The van der Waals surface area contributed by atoms with Gasteiger partial charge in [-0.3, -0.25) is 0 Å². The molecule has 0 saturated carbocycles. The number of methoxy groups -OCH3 is 2. The third kappa shape index (κ3) is 1.80. The molecule has 0 N–H and O–H groups in total. The van der Waals surface area contributed by atoms with E-state index in [-0.39, 0.29) is 6.10 Å². The molecular formula is C12H20O4. The number of rotatable bonds is 3. The van der Waals surface area contributed by atoms with Crippen LogP contribution in [-0.2, 0) is 19.2 Å². The van der Waals surface area contributed by atoms with Crippen LogP contribution in [0.15, 0.2) is 11.6 Å². The molecule has 0 spiro atoms. The van der Waals surface area contributed by atoms with E-state index >= 15 is 0 Å². The highest BCUT2D eigenvalue weighted by atomic mass is 17.2. The van der Waals surface area contributed by atoms with E-state index < -0.39 is 11.9 Å². The first-order valence-corrected chi connectivity index (χ1v) is 5.68. The average molecular weight is 228 g/mol. The van der Waals surface area contributed by atoms with Crippen molar-refractivity contribution >= 4 is 0 Å². The Labute approximate surface area is 96.4 Å². The number of allylic oxidation sites excluding steroid dienone is 1. The van der Waals surface area contributed by atoms with Gasteiger partial charge in [-0.2, -0.15) is 0 Å². The Morgan fingerprint density at radius 3 is 2.75 bits per heavy atom. The summed E-state index contributed by atoms with van der Waals surface area (Å²) < 4.78 is 10.6. The van der Waals surface area contributed by atoms with Crippen molar-refractivity contribution in [2.24, 2.45) is 5.92 Å². The van der Waals surface area contributed by atoms with Crippen molar-refractivity contribution in [3.8, 4) is 0 Å². The van der Waals surface area contributed by atoms with E-state index in [0.717, 1.165) is 12.8 Å². The molecule has 0 radical (unpaired) electrons. The molecule has 3 atom stereocenters. The zero-order valence-electron chi connectivity index (χ0n) is 10.4. The molecule has 0 aromatic heterocycles. The van der Waals surface area contributed by atoms with Gasteiger partial charge in [-0.25, -0.2) is 9.78 Å². The molecule has 2 rings (SSSR count). The first-order valence-electron chi connectivity index (χ1n) is 5.68. The number of hydrogen-bond acceptors (Lipinski definition) is 4. The largest absolute Gasteiger partial charge is 0.353 e. The summed E-state index contributed by atoms with van der Waals surface area (Å²) in [5, 5.41) is 0. The smallest absolute Gasteiger partial charge is 0.189 e. The molecule has 1 fully saturated rings. The second kappa shape index (κ2) is 4.45. The number of fused-ring (bicyclic) bond motifs is 2. The summed E-state index contributed by atoms with van der Waals surface area (Å²) in [5.41, 5.74) is 0.724. The second-order valence-electron chi connectivity index (χ2n) is 4.77. The fraction of sp³-hybridized carbons (Fsp3) is 0.833. The lowest BCUT2D eigenvalue weighted by Gasteiger charge is -2.47. The maximum Gasteiger partial charge on any atom is 0.189 e. The van der Waals surface area contributed by atoms with Crippen LogP contribution >= 0.6 is 0 Å². The summed E-state index contributed by atoms with van der Waals surface area (Å²) >= 11 is 0. The van der Waals surface area contributed by atoms with Gasteiger partial charge in [-0.15, -0.1) is 0 Å². The van der Waals surface area contributed by atoms with Crippen LogP contribution in [0.4, 0.5) is 0 Å². The molecule has 0 amide bonds. The molecule has 1 aliphatic carbocycles. The maximum absolute atomic E-state index is 5.56. The summed E-state index contributed by atoms with van der Waals surface area (Å²) in [6, 6.07) is 0. The SMILES string of the molecule is COC(OC)[C@]1(C)OO[C@H]2C[C@@H]1CC=C2C. The van der Waals surface area contributed by atoms with Gasteiger partial charge >= 0.3 is 0 Å². The molecule has 1 aliphatic heterocycles. The molecule has 2 bridgehead atoms. The topological polar surface area (TPSA) is 36.9 Å². The van der Waals surface area contributed by atoms with E-state index in [9.17, 15) is 0 Å². The third-order valence-corrected chi connectivity index (χ3v) is 3.78. The molecule has 0 aromatic carbocycles. The van der Waals surface area contributed by atoms with Gasteiger partial charge in [0.25, 0.3) is 0 Å². The highest BCUT2D eigenvalue weighted by Crippen LogP contribution is 2.43. The number of ether oxygens (including phenoxy) is 2. The van der Waals surface area contributed by atoms with E-state index in [0.29, 0.717) is 5.92 Å². The second-order valence-corrected chi connectivity index (χ2v) is 4.77. The first-order chi connectivity index (χ1) is 7.61. The Bertz CT molecular complexity index is 285. The van der Waals surface area contributed by atoms with Crippen LogP contribution in [0.3, 0.4) is 0 Å². The maximum atomic E-state index is 5.56. The van der Waals surface area contributed by atoms with Crippen molar-refractivity contribution < 1.29 is 19.2 Å². The molecular weight excluding hydrogens is 208 g/mol. The van der Waals surface area contributed by atoms with Crippen molar-refractivity contribution in [1.29, 1.82) is 0 Å². The Morgan fingerprint density at radius 1 is 1.44 bits per heavy atom. The van der Waals surface area contributed by atoms with Crippen LogP contribution in [0.2, 0.25) is 0 Å². The normalized spacial score (nSPS) is 38.7. The predicted molar refractivity (Wildman–Crippen MR) is 58.7 cm³/mol. The summed E-state index contributed by atoms with van der Waals surface area (Å²) in [6.45, 7) is 4.07. The minimum absolute atomic E-state index is 0.0983. The van der Waals surface area contributed by atoms with E-state index in [1.807, 2.05) is 6.92 Å². The zero-order chi connectivity index (χ0) is 11.8. The minimum atomic E-state index is -0.531. The van der Waals surface area contributed by atoms with Crippen LogP contribution in [-0.4, -0.2) is 32.2 Å². The molecule has 0 unspecified atom stereocenters. The van der Waals surface area contributed by atoms with Crippen LogP contribution in [0.25, 0.3) is 0 Å². The summed E-state index contributed by atoms with van der Waals surface area (Å²) in [6.07, 6.45) is 3.89. The lowest BCUT2D eigenvalue weighted by atomic mass is 9.76. The van der Waals surface area contributed by atoms with Crippen molar-refractivity contribution in [3.63, 3.8) is 0 Å². The predicted octanol–water partition coefficient (Wildman–Crippen LogP) is 2.05. The average Bonchev–Trinajstić information content (AvgIpc) is 2.29. The summed E-state index contributed by atoms with van der Waals surface area (Å²) in [4.78, 5) is 11.0. The molecule has 4 heteroatoms. The van der Waals surface area contributed by atoms with E-state index in [1.165, 1.54) is 5.57 Å². The van der Waals surface area contributed by atoms with Gasteiger partial charge in [0.05, 0.1) is 0 Å². The van der Waals surface area contributed by atoms with Crippen LogP contribution < -0.4 is 0 Å². The van der Waals surface area contributed by atoms with Gasteiger partial charge in [0.15, 0.2) is 11.9 Å². The van der Waals surface area contributed by atoms with Gasteiger partial charge in [-0.05, 0) is 32.3 Å². The molecule has 0 aromatic rings. The highest BCUT2D eigenvalue weighted by Gasteiger charge is 2.50. The lowest BCUT2D eigenvalue weighted by Crippen LogP contribution is -2.55. The fourth-order valence-corrected chi connectivity index (χ4v) is 2.61. The highest BCUT2D eigenvalue weighted by molar-refractivity contribution is 5.13. The quantitative estimate of drug-likeness (QED) is 0.421. The van der Waals surface area contributed by atoms with E-state index in [2.05, 4.69) is 13.0 Å². The molecule has 92 valence electrons. The van der Waals surface area contributed by atoms with Crippen LogP contribution in [0.1, 0.15) is 26.7 Å². The van der Waals surface area contributed by atoms with Crippen molar-refractivity contribution in [2.45, 2.75) is 44.7 Å². The Kier molecular flexibility index (Phi) is 3.35. The molecule has 16 heavy (non-hydrogen) atoms. The van der Waals surface area contributed by atoms with Crippen molar-refractivity contribution in [3.05, 3.63) is 11.6 Å². The Morgan fingerprint density at radius 2 is 2.12 bits per heavy atom. The van der Waals surface area contributed by atoms with E-state index in [1.54, 1.807) is 14.2 Å². The Balaban J connectivity index is 2.19. The third-order valence-electron chi connectivity index (χ3n) is 3.78. The first kappa shape index (κ1) is 12.0. The van der Waals surface area contributed by atoms with Crippen LogP contribution in [0.5, 0.6) is 0 Å². The van der Waals surface area contributed by atoms with Gasteiger partial charge in [0.1, 0.15) is 6.10 Å². The van der Waals surface area contributed by atoms with E-state index in [4.69, 9.17) is 19.2 Å². The zero-order valence-corrected chi connectivity index (χ0v) is 10.4. The molecule has 1 saturated heterocycles. The number of hydrogen-bond donors (Lipinski definition) is 0. The van der Waals surface area contributed by atoms with Gasteiger partial charge in [0, 0.05) is 20.1 Å². The minimum Gasteiger partial charge on any atom is -0.353 e. The Hall–Kier alpha value is -0.420. The lowest BCUT2D eigenvalue weighted by molar-refractivity contribution is -0.448. The van der Waals surface area contributed by atoms with Gasteiger partial charge in [-0.1, -0.05) is 6.08 Å². The summed E-state index contributed by atoms with van der Waals surface area (Å²) in [5.74, 6) is 0.375. The van der Waals surface area contributed by atoms with Crippen molar-refractivity contribution in [2.75, 3.05) is 14.2 Å². The van der Waals surface area contributed by atoms with Gasteiger partial charge < -0.3 is 9.47 Å². The summed E-state index contributed by atoms with van der Waals surface area (Å²) in [7, 11) is 3.25. The van der Waals surface area contributed by atoms with Gasteiger partial charge in [0.2, 0.25) is 0 Å². The molecule has 4 nitrogen and oxygen atoms in total. The molecule has 1 heterocycles.